The molecule has 0 unspecified atom stereocenters. The quantitative estimate of drug-likeness (QED) is 0.0797. The molecule has 0 bridgehead atoms. The van der Waals surface area contributed by atoms with Gasteiger partial charge in [-0.1, -0.05) is 275 Å². The smallest absolute Gasteiger partial charge is 0.252 e. The van der Waals surface area contributed by atoms with Crippen LogP contribution in [0.1, 0.15) is 44.6 Å². The van der Waals surface area contributed by atoms with E-state index in [1.165, 1.54) is 159 Å². The SMILES string of the molecule is CCCCCCCc1cc2c3c(c1)N(c1c(-c4ccccc4)cccc1-c1ccccc1)c1cc(-n4c5ccccc5c5ccccc54)ccc1B3c1ccc(-n3c4ccccc4c4ccccc43)cc1N2c1c(-c2ccccc2)cccc1-c1ccccc1. The van der Waals surface area contributed by atoms with Gasteiger partial charge in [0.05, 0.1) is 33.4 Å². The molecule has 0 saturated heterocycles. The van der Waals surface area contributed by atoms with E-state index in [2.05, 4.69) is 329 Å². The van der Waals surface area contributed by atoms with E-state index < -0.39 is 0 Å². The van der Waals surface area contributed by atoms with Crippen LogP contribution in [-0.4, -0.2) is 15.8 Å². The molecule has 0 atom stereocenters. The number of anilines is 6. The number of rotatable bonds is 14. The molecule has 5 heteroatoms. The molecular formula is C85H65BN4. The van der Waals surface area contributed by atoms with Crippen molar-refractivity contribution in [3.8, 4) is 55.9 Å². The minimum absolute atomic E-state index is 0.168. The van der Waals surface area contributed by atoms with Gasteiger partial charge < -0.3 is 18.9 Å². The topological polar surface area (TPSA) is 16.3 Å². The van der Waals surface area contributed by atoms with Crippen LogP contribution in [0, 0.1) is 0 Å². The molecule has 13 aromatic carbocycles. The van der Waals surface area contributed by atoms with Gasteiger partial charge in [0.1, 0.15) is 0 Å². The first-order valence-electron chi connectivity index (χ1n) is 32.2. The Morgan fingerprint density at radius 3 is 0.978 bits per heavy atom. The monoisotopic (exact) mass is 1150 g/mol. The summed E-state index contributed by atoms with van der Waals surface area (Å²) in [6, 6.07) is 114. The number of benzene rings is 13. The fourth-order valence-electron chi connectivity index (χ4n) is 15.2. The van der Waals surface area contributed by atoms with Gasteiger partial charge in [0.25, 0.3) is 6.71 Å². The van der Waals surface area contributed by atoms with Crippen molar-refractivity contribution in [3.05, 3.63) is 309 Å². The van der Waals surface area contributed by atoms with Gasteiger partial charge in [-0.3, -0.25) is 0 Å². The van der Waals surface area contributed by atoms with Gasteiger partial charge in [0, 0.05) is 77.9 Å². The van der Waals surface area contributed by atoms with Gasteiger partial charge in [0.2, 0.25) is 0 Å². The maximum absolute atomic E-state index is 2.71. The number of hydrogen-bond donors (Lipinski definition) is 0. The number of aromatic nitrogens is 2. The normalized spacial score (nSPS) is 12.5. The Hall–Kier alpha value is -10.9. The maximum atomic E-state index is 2.71. The largest absolute Gasteiger partial charge is 0.310 e. The first-order valence-corrected chi connectivity index (χ1v) is 32.2. The highest BCUT2D eigenvalue weighted by Gasteiger charge is 2.45. The van der Waals surface area contributed by atoms with Gasteiger partial charge in [-0.2, -0.15) is 0 Å². The molecule has 15 aromatic rings. The van der Waals surface area contributed by atoms with Crippen molar-refractivity contribution < 1.29 is 0 Å². The number of nitrogens with zero attached hydrogens (tertiary/aromatic N) is 4. The van der Waals surface area contributed by atoms with Gasteiger partial charge in [-0.15, -0.1) is 0 Å². The molecule has 4 heterocycles. The van der Waals surface area contributed by atoms with Gasteiger partial charge in [-0.25, -0.2) is 0 Å². The van der Waals surface area contributed by atoms with Crippen LogP contribution >= 0.6 is 0 Å². The summed E-state index contributed by atoms with van der Waals surface area (Å²) in [6.07, 6.45) is 6.88. The molecule has 0 saturated carbocycles. The van der Waals surface area contributed by atoms with Gasteiger partial charge in [0.15, 0.2) is 0 Å². The first-order chi connectivity index (χ1) is 44.7. The number of para-hydroxylation sites is 6. The highest BCUT2D eigenvalue weighted by Crippen LogP contribution is 2.54. The Morgan fingerprint density at radius 2 is 0.622 bits per heavy atom. The standard InChI is InChI=1S/C85H65BN4/c1-2-3-4-5-10-29-58-54-81-83-82(55-58)90(85-67(61-34-15-8-16-35-61)44-28-45-68(85)62-36-17-9-18-37-62)80-57-64(88-77-48-25-21-40-71(77)72-41-22-26-49-78(72)88)51-53-74(80)86(83)73-52-50-63(87-75-46-23-19-38-69(75)70-39-20-24-47-76(70)87)56-79(73)89(81)84-65(59-30-11-6-12-31-59)42-27-43-66(84)60-32-13-7-14-33-60/h6-9,11-28,30-57H,2-5,10,29H2,1H3. The van der Waals surface area contributed by atoms with Crippen LogP contribution in [0.5, 0.6) is 0 Å². The maximum Gasteiger partial charge on any atom is 0.252 e. The van der Waals surface area contributed by atoms with Crippen molar-refractivity contribution in [2.24, 2.45) is 0 Å². The highest BCUT2D eigenvalue weighted by molar-refractivity contribution is 7.00. The Bertz CT molecular complexity index is 4680. The van der Waals surface area contributed by atoms with Gasteiger partial charge in [-0.05, 0) is 118 Å². The van der Waals surface area contributed by atoms with E-state index in [0.29, 0.717) is 0 Å². The summed E-state index contributed by atoms with van der Waals surface area (Å²) in [6.45, 7) is 2.15. The zero-order valence-corrected chi connectivity index (χ0v) is 50.5. The second kappa shape index (κ2) is 22.4. The summed E-state index contributed by atoms with van der Waals surface area (Å²) >= 11 is 0. The summed E-state index contributed by atoms with van der Waals surface area (Å²) in [5.74, 6) is 0. The molecule has 0 radical (unpaired) electrons. The van der Waals surface area contributed by atoms with Crippen LogP contribution in [0.4, 0.5) is 34.1 Å². The average molecular weight is 1150 g/mol. The third-order valence-electron chi connectivity index (χ3n) is 19.2. The first kappa shape index (κ1) is 53.4. The van der Waals surface area contributed by atoms with E-state index in [1.54, 1.807) is 0 Å². The minimum atomic E-state index is -0.168. The molecule has 4 nitrogen and oxygen atoms in total. The van der Waals surface area contributed by atoms with Crippen molar-refractivity contribution in [2.75, 3.05) is 9.80 Å². The fourth-order valence-corrected chi connectivity index (χ4v) is 15.2. The molecular weight excluding hydrogens is 1090 g/mol. The molecule has 2 aliphatic heterocycles. The molecule has 428 valence electrons. The van der Waals surface area contributed by atoms with E-state index in [4.69, 9.17) is 0 Å². The van der Waals surface area contributed by atoms with Crippen molar-refractivity contribution in [1.29, 1.82) is 0 Å². The lowest BCUT2D eigenvalue weighted by molar-refractivity contribution is 0.632. The summed E-state index contributed by atoms with van der Waals surface area (Å²) < 4.78 is 5.00. The summed E-state index contributed by atoms with van der Waals surface area (Å²) in [7, 11) is 0. The van der Waals surface area contributed by atoms with E-state index in [1.807, 2.05) is 0 Å². The molecule has 0 N–H and O–H groups in total. The third kappa shape index (κ3) is 8.74. The molecule has 2 aromatic heterocycles. The summed E-state index contributed by atoms with van der Waals surface area (Å²) in [4.78, 5) is 5.42. The second-order valence-electron chi connectivity index (χ2n) is 24.4. The second-order valence-corrected chi connectivity index (χ2v) is 24.4. The number of hydrogen-bond acceptors (Lipinski definition) is 2. The van der Waals surface area contributed by atoms with Crippen LogP contribution in [0.15, 0.2) is 303 Å². The molecule has 2 aliphatic rings. The van der Waals surface area contributed by atoms with Crippen molar-refractivity contribution in [2.45, 2.75) is 45.4 Å². The molecule has 0 spiro atoms. The molecule has 0 amide bonds. The van der Waals surface area contributed by atoms with E-state index >= 15 is 0 Å². The zero-order valence-electron chi connectivity index (χ0n) is 50.5. The molecule has 17 rings (SSSR count). The summed E-state index contributed by atoms with van der Waals surface area (Å²) in [5, 5.41) is 4.97. The van der Waals surface area contributed by atoms with Crippen LogP contribution < -0.4 is 26.2 Å². The molecule has 0 aliphatic carbocycles. The molecule has 90 heavy (non-hydrogen) atoms. The number of aryl methyl sites for hydroxylation is 1. The van der Waals surface area contributed by atoms with Crippen LogP contribution in [-0.2, 0) is 6.42 Å². The lowest BCUT2D eigenvalue weighted by Gasteiger charge is -2.46. The average Bonchev–Trinajstić information content (AvgIpc) is 1.28. The number of fused-ring (bicyclic) bond motifs is 10. The third-order valence-corrected chi connectivity index (χ3v) is 19.2. The molecule has 0 fully saturated rings. The predicted molar refractivity (Wildman–Crippen MR) is 383 cm³/mol. The van der Waals surface area contributed by atoms with Crippen molar-refractivity contribution >= 4 is 101 Å². The minimum Gasteiger partial charge on any atom is -0.310 e. The predicted octanol–water partition coefficient (Wildman–Crippen LogP) is 21.1. The van der Waals surface area contributed by atoms with Crippen LogP contribution in [0.3, 0.4) is 0 Å². The zero-order chi connectivity index (χ0) is 59.7. The Labute approximate surface area is 526 Å². The van der Waals surface area contributed by atoms with E-state index in [9.17, 15) is 0 Å². The highest BCUT2D eigenvalue weighted by atomic mass is 15.2. The Balaban J connectivity index is 1.03. The lowest BCUT2D eigenvalue weighted by atomic mass is 9.33. The lowest BCUT2D eigenvalue weighted by Crippen LogP contribution is -2.61. The van der Waals surface area contributed by atoms with Gasteiger partial charge >= 0.3 is 0 Å². The van der Waals surface area contributed by atoms with Crippen molar-refractivity contribution in [1.82, 2.24) is 9.13 Å². The van der Waals surface area contributed by atoms with Crippen molar-refractivity contribution in [3.63, 3.8) is 0 Å². The van der Waals surface area contributed by atoms with Crippen LogP contribution in [0.2, 0.25) is 0 Å². The number of unbranched alkanes of at least 4 members (excludes halogenated alkanes) is 4. The van der Waals surface area contributed by atoms with E-state index in [-0.39, 0.29) is 6.71 Å². The Kier molecular flexibility index (Phi) is 13.3. The van der Waals surface area contributed by atoms with E-state index in [0.717, 1.165) is 35.6 Å². The van der Waals surface area contributed by atoms with Crippen LogP contribution in [0.25, 0.3) is 99.5 Å². The fraction of sp³-hybridized carbons (Fsp3) is 0.0824. The Morgan fingerprint density at radius 1 is 0.289 bits per heavy atom. The summed E-state index contributed by atoms with van der Waals surface area (Å²) in [5.41, 5.74) is 28.5.